The van der Waals surface area contributed by atoms with Crippen LogP contribution in [0.25, 0.3) is 0 Å². The molecule has 0 unspecified atom stereocenters. The molecule has 0 fully saturated rings. The molecule has 19 heavy (non-hydrogen) atoms. The average molecular weight is 346 g/mol. The zero-order chi connectivity index (χ0) is 14.0. The number of rotatable bonds is 2. The largest absolute Gasteiger partial charge is 0.507 e. The molecule has 0 radical (unpaired) electrons. The Balaban J connectivity index is 2.28. The van der Waals surface area contributed by atoms with Crippen molar-refractivity contribution in [3.63, 3.8) is 0 Å². The summed E-state index contributed by atoms with van der Waals surface area (Å²) >= 11 is 8.87. The molecule has 98 valence electrons. The lowest BCUT2D eigenvalue weighted by molar-refractivity contribution is 0.102. The standard InChI is InChI=1S/C12H7BrClFN2O2/c13-7-4-6(5-16-11(7)14)17-12(19)10-8(15)2-1-3-9(10)18/h1-5,18H,(H,17,19). The molecule has 1 aromatic carbocycles. The maximum absolute atomic E-state index is 13.5. The fraction of sp³-hybridized carbons (Fsp3) is 0. The maximum atomic E-state index is 13.5. The van der Waals surface area contributed by atoms with Crippen LogP contribution in [0.3, 0.4) is 0 Å². The Bertz CT molecular complexity index is 631. The number of aromatic hydroxyl groups is 1. The summed E-state index contributed by atoms with van der Waals surface area (Å²) in [6.45, 7) is 0. The number of anilines is 1. The number of benzene rings is 1. The van der Waals surface area contributed by atoms with Crippen LogP contribution in [0.5, 0.6) is 5.75 Å². The lowest BCUT2D eigenvalue weighted by Crippen LogP contribution is -2.14. The summed E-state index contributed by atoms with van der Waals surface area (Å²) < 4.78 is 14.0. The first kappa shape index (κ1) is 13.8. The lowest BCUT2D eigenvalue weighted by Gasteiger charge is -2.08. The Morgan fingerprint density at radius 3 is 2.84 bits per heavy atom. The van der Waals surface area contributed by atoms with Gasteiger partial charge in [0.2, 0.25) is 0 Å². The number of aromatic nitrogens is 1. The number of nitrogens with zero attached hydrogens (tertiary/aromatic N) is 1. The highest BCUT2D eigenvalue weighted by Crippen LogP contribution is 2.25. The second kappa shape index (κ2) is 5.54. The average Bonchev–Trinajstić information content (AvgIpc) is 2.33. The highest BCUT2D eigenvalue weighted by molar-refractivity contribution is 9.10. The molecular formula is C12H7BrClFN2O2. The quantitative estimate of drug-likeness (QED) is 0.818. The van der Waals surface area contributed by atoms with Crippen LogP contribution in [0.15, 0.2) is 34.9 Å². The normalized spacial score (nSPS) is 10.3. The van der Waals surface area contributed by atoms with E-state index in [1.54, 1.807) is 0 Å². The second-order valence-corrected chi connectivity index (χ2v) is 4.80. The summed E-state index contributed by atoms with van der Waals surface area (Å²) in [5.74, 6) is -2.01. The highest BCUT2D eigenvalue weighted by Gasteiger charge is 2.16. The van der Waals surface area contributed by atoms with E-state index in [0.29, 0.717) is 10.2 Å². The van der Waals surface area contributed by atoms with E-state index in [2.05, 4.69) is 26.2 Å². The van der Waals surface area contributed by atoms with Crippen molar-refractivity contribution in [3.05, 3.63) is 51.5 Å². The zero-order valence-electron chi connectivity index (χ0n) is 9.32. The fourth-order valence-electron chi connectivity index (χ4n) is 1.42. The first-order valence-corrected chi connectivity index (χ1v) is 6.26. The van der Waals surface area contributed by atoms with Crippen LogP contribution in [-0.2, 0) is 0 Å². The van der Waals surface area contributed by atoms with Gasteiger partial charge in [-0.1, -0.05) is 17.7 Å². The predicted octanol–water partition coefficient (Wildman–Crippen LogP) is 3.59. The van der Waals surface area contributed by atoms with Gasteiger partial charge in [-0.2, -0.15) is 0 Å². The second-order valence-electron chi connectivity index (χ2n) is 3.58. The molecule has 1 amide bonds. The predicted molar refractivity (Wildman–Crippen MR) is 73.0 cm³/mol. The molecule has 1 heterocycles. The van der Waals surface area contributed by atoms with Crippen molar-refractivity contribution in [2.45, 2.75) is 0 Å². The van der Waals surface area contributed by atoms with Crippen molar-refractivity contribution in [2.75, 3.05) is 5.32 Å². The number of amides is 1. The van der Waals surface area contributed by atoms with Crippen molar-refractivity contribution >= 4 is 39.1 Å². The molecule has 0 saturated heterocycles. The Morgan fingerprint density at radius 1 is 1.47 bits per heavy atom. The Kier molecular flexibility index (Phi) is 4.01. The van der Waals surface area contributed by atoms with E-state index in [1.165, 1.54) is 24.4 Å². The van der Waals surface area contributed by atoms with E-state index in [-0.39, 0.29) is 5.15 Å². The molecule has 0 spiro atoms. The molecule has 2 aromatic rings. The number of hydrogen-bond acceptors (Lipinski definition) is 3. The summed E-state index contributed by atoms with van der Waals surface area (Å²) in [5.41, 5.74) is -0.0995. The van der Waals surface area contributed by atoms with Gasteiger partial charge in [0, 0.05) is 0 Å². The zero-order valence-corrected chi connectivity index (χ0v) is 11.7. The van der Waals surface area contributed by atoms with Gasteiger partial charge in [0.15, 0.2) is 0 Å². The molecule has 0 bridgehead atoms. The van der Waals surface area contributed by atoms with Crippen molar-refractivity contribution in [1.82, 2.24) is 4.98 Å². The number of hydrogen-bond donors (Lipinski definition) is 2. The third kappa shape index (κ3) is 3.02. The van der Waals surface area contributed by atoms with Gasteiger partial charge in [-0.3, -0.25) is 4.79 Å². The molecule has 0 aliphatic rings. The molecule has 2 N–H and O–H groups in total. The van der Waals surface area contributed by atoms with Crippen LogP contribution in [0.2, 0.25) is 5.15 Å². The topological polar surface area (TPSA) is 62.2 Å². The van der Waals surface area contributed by atoms with Gasteiger partial charge in [0.25, 0.3) is 5.91 Å². The minimum atomic E-state index is -0.807. The van der Waals surface area contributed by atoms with Crippen molar-refractivity contribution in [3.8, 4) is 5.75 Å². The summed E-state index contributed by atoms with van der Waals surface area (Å²) in [7, 11) is 0. The molecule has 0 saturated carbocycles. The molecule has 0 aliphatic heterocycles. The summed E-state index contributed by atoms with van der Waals surface area (Å²) in [5, 5.41) is 12.2. The monoisotopic (exact) mass is 344 g/mol. The number of nitrogens with one attached hydrogen (secondary N) is 1. The third-order valence-electron chi connectivity index (χ3n) is 2.27. The summed E-state index contributed by atoms with van der Waals surface area (Å²) in [4.78, 5) is 15.7. The summed E-state index contributed by atoms with van der Waals surface area (Å²) in [6, 6.07) is 5.14. The van der Waals surface area contributed by atoms with Crippen molar-refractivity contribution in [1.29, 1.82) is 0 Å². The fourth-order valence-corrected chi connectivity index (χ4v) is 1.87. The van der Waals surface area contributed by atoms with Gasteiger partial charge >= 0.3 is 0 Å². The number of carbonyl (C=O) groups excluding carboxylic acids is 1. The van der Waals surface area contributed by atoms with Crippen molar-refractivity contribution < 1.29 is 14.3 Å². The van der Waals surface area contributed by atoms with Gasteiger partial charge in [-0.05, 0) is 34.1 Å². The van der Waals surface area contributed by atoms with Crippen LogP contribution in [-0.4, -0.2) is 16.0 Å². The molecule has 4 nitrogen and oxygen atoms in total. The van der Waals surface area contributed by atoms with Crippen LogP contribution in [0, 0.1) is 5.82 Å². The van der Waals surface area contributed by atoms with Crippen molar-refractivity contribution in [2.24, 2.45) is 0 Å². The Hall–Kier alpha value is -1.66. The van der Waals surface area contributed by atoms with E-state index in [9.17, 15) is 14.3 Å². The molecule has 0 aliphatic carbocycles. The van der Waals surface area contributed by atoms with E-state index in [0.717, 1.165) is 6.07 Å². The van der Waals surface area contributed by atoms with Gasteiger partial charge in [-0.25, -0.2) is 9.37 Å². The highest BCUT2D eigenvalue weighted by atomic mass is 79.9. The first-order chi connectivity index (χ1) is 8.99. The van der Waals surface area contributed by atoms with Crippen LogP contribution < -0.4 is 5.32 Å². The molecule has 7 heteroatoms. The molecule has 1 aromatic heterocycles. The minimum Gasteiger partial charge on any atom is -0.507 e. The first-order valence-electron chi connectivity index (χ1n) is 5.09. The number of carbonyl (C=O) groups is 1. The van der Waals surface area contributed by atoms with E-state index < -0.39 is 23.0 Å². The van der Waals surface area contributed by atoms with Gasteiger partial charge in [0.05, 0.1) is 16.4 Å². The SMILES string of the molecule is O=C(Nc1cnc(Cl)c(Br)c1)c1c(O)cccc1F. The number of halogens is 3. The van der Waals surface area contributed by atoms with Gasteiger partial charge < -0.3 is 10.4 Å². The Labute approximate surface area is 121 Å². The van der Waals surface area contributed by atoms with Crippen LogP contribution >= 0.6 is 27.5 Å². The Morgan fingerprint density at radius 2 is 2.21 bits per heavy atom. The molecule has 2 rings (SSSR count). The van der Waals surface area contributed by atoms with E-state index in [1.807, 2.05) is 0 Å². The summed E-state index contributed by atoms with van der Waals surface area (Å²) in [6.07, 6.45) is 1.32. The number of phenols is 1. The van der Waals surface area contributed by atoms with Crippen LogP contribution in [0.1, 0.15) is 10.4 Å². The minimum absolute atomic E-state index is 0.242. The number of phenolic OH excluding ortho intramolecular Hbond substituents is 1. The third-order valence-corrected chi connectivity index (χ3v) is 3.41. The smallest absolute Gasteiger partial charge is 0.262 e. The van der Waals surface area contributed by atoms with Gasteiger partial charge in [0.1, 0.15) is 22.3 Å². The van der Waals surface area contributed by atoms with Crippen LogP contribution in [0.4, 0.5) is 10.1 Å². The van der Waals surface area contributed by atoms with Gasteiger partial charge in [-0.15, -0.1) is 0 Å². The lowest BCUT2D eigenvalue weighted by atomic mass is 10.1. The van der Waals surface area contributed by atoms with E-state index >= 15 is 0 Å². The molecular weight excluding hydrogens is 338 g/mol. The van der Waals surface area contributed by atoms with E-state index in [4.69, 9.17) is 11.6 Å². The number of pyridine rings is 1. The molecule has 0 atom stereocenters. The maximum Gasteiger partial charge on any atom is 0.262 e.